The molecule has 0 saturated carbocycles. The van der Waals surface area contributed by atoms with Crippen molar-refractivity contribution in [3.05, 3.63) is 78.1 Å². The predicted octanol–water partition coefficient (Wildman–Crippen LogP) is 0.488. The summed E-state index contributed by atoms with van der Waals surface area (Å²) in [7, 11) is 0. The summed E-state index contributed by atoms with van der Waals surface area (Å²) in [5.74, 6) is 0. The van der Waals surface area contributed by atoms with Crippen LogP contribution in [0.1, 0.15) is 11.1 Å². The van der Waals surface area contributed by atoms with Crippen LogP contribution in [0.25, 0.3) is 10.8 Å². The molecular weight excluding hydrogens is 298 g/mol. The summed E-state index contributed by atoms with van der Waals surface area (Å²) in [5.41, 5.74) is 2.64. The fraction of sp³-hybridized carbons (Fsp3) is 0.118. The standard InChI is InChI=1S/C17H16N.BrH/c1-14-6-8-15(9-7-14)12-18-11-10-16-4-2-3-5-17(16)13-18;/h2-11,13H,12H2,1H3;1H/q+1;/p-1. The van der Waals surface area contributed by atoms with Gasteiger partial charge in [-0.15, -0.1) is 0 Å². The van der Waals surface area contributed by atoms with Gasteiger partial charge in [0.1, 0.15) is 0 Å². The van der Waals surface area contributed by atoms with Gasteiger partial charge in [0.25, 0.3) is 0 Å². The molecule has 0 N–H and O–H groups in total. The normalized spacial score (nSPS) is 10.2. The molecule has 0 spiro atoms. The Kier molecular flexibility index (Phi) is 4.33. The highest BCUT2D eigenvalue weighted by atomic mass is 79.9. The molecule has 0 unspecified atom stereocenters. The van der Waals surface area contributed by atoms with Crippen LogP contribution in [-0.2, 0) is 6.54 Å². The van der Waals surface area contributed by atoms with Gasteiger partial charge in [-0.3, -0.25) is 0 Å². The highest BCUT2D eigenvalue weighted by Gasteiger charge is 2.03. The number of rotatable bonds is 2. The van der Waals surface area contributed by atoms with Crippen molar-refractivity contribution >= 4 is 10.8 Å². The first-order valence-electron chi connectivity index (χ1n) is 6.25. The van der Waals surface area contributed by atoms with Crippen molar-refractivity contribution in [2.75, 3.05) is 0 Å². The summed E-state index contributed by atoms with van der Waals surface area (Å²) in [5, 5.41) is 2.57. The van der Waals surface area contributed by atoms with Gasteiger partial charge in [0.05, 0.1) is 0 Å². The lowest BCUT2D eigenvalue weighted by atomic mass is 10.1. The van der Waals surface area contributed by atoms with Crippen LogP contribution in [0.2, 0.25) is 0 Å². The van der Waals surface area contributed by atoms with E-state index in [1.165, 1.54) is 21.9 Å². The molecule has 0 bridgehead atoms. The first-order chi connectivity index (χ1) is 8.81. The fourth-order valence-electron chi connectivity index (χ4n) is 2.18. The summed E-state index contributed by atoms with van der Waals surface area (Å²) in [6, 6.07) is 19.3. The van der Waals surface area contributed by atoms with Crippen LogP contribution in [0.5, 0.6) is 0 Å². The Morgan fingerprint density at radius 3 is 2.26 bits per heavy atom. The SMILES string of the molecule is Cc1ccc(C[n+]2ccc3ccccc3c2)cc1.[Br-]. The van der Waals surface area contributed by atoms with Crippen molar-refractivity contribution in [1.82, 2.24) is 0 Å². The number of pyridine rings is 1. The van der Waals surface area contributed by atoms with E-state index in [2.05, 4.69) is 78.5 Å². The van der Waals surface area contributed by atoms with Crippen molar-refractivity contribution in [2.24, 2.45) is 0 Å². The van der Waals surface area contributed by atoms with Gasteiger partial charge in [-0.05, 0) is 18.4 Å². The fourth-order valence-corrected chi connectivity index (χ4v) is 2.18. The number of aryl methyl sites for hydroxylation is 1. The minimum Gasteiger partial charge on any atom is -1.00 e. The van der Waals surface area contributed by atoms with E-state index < -0.39 is 0 Å². The molecule has 0 amide bonds. The largest absolute Gasteiger partial charge is 1.00 e. The Bertz CT molecular complexity index is 674. The molecule has 2 heteroatoms. The third kappa shape index (κ3) is 3.21. The van der Waals surface area contributed by atoms with Crippen molar-refractivity contribution in [3.8, 4) is 0 Å². The number of nitrogens with zero attached hydrogens (tertiary/aromatic N) is 1. The van der Waals surface area contributed by atoms with Crippen LogP contribution in [0.3, 0.4) is 0 Å². The molecule has 3 aromatic rings. The summed E-state index contributed by atoms with van der Waals surface area (Å²) in [4.78, 5) is 0. The molecule has 1 nitrogen and oxygen atoms in total. The average molecular weight is 314 g/mol. The summed E-state index contributed by atoms with van der Waals surface area (Å²) in [6.07, 6.45) is 4.34. The average Bonchev–Trinajstić information content (AvgIpc) is 2.41. The lowest BCUT2D eigenvalue weighted by molar-refractivity contribution is -0.687. The maximum absolute atomic E-state index is 2.23. The van der Waals surface area contributed by atoms with Gasteiger partial charge in [0.15, 0.2) is 18.9 Å². The van der Waals surface area contributed by atoms with E-state index in [4.69, 9.17) is 0 Å². The highest BCUT2D eigenvalue weighted by Crippen LogP contribution is 2.10. The third-order valence-corrected chi connectivity index (χ3v) is 3.23. The van der Waals surface area contributed by atoms with E-state index in [1.807, 2.05) is 0 Å². The van der Waals surface area contributed by atoms with Gasteiger partial charge in [0, 0.05) is 17.0 Å². The molecule has 0 aliphatic rings. The predicted molar refractivity (Wildman–Crippen MR) is 74.4 cm³/mol. The first kappa shape index (κ1) is 13.8. The van der Waals surface area contributed by atoms with Crippen LogP contribution >= 0.6 is 0 Å². The molecular formula is C17H16BrN. The Morgan fingerprint density at radius 1 is 0.842 bits per heavy atom. The summed E-state index contributed by atoms with van der Waals surface area (Å²) >= 11 is 0. The van der Waals surface area contributed by atoms with E-state index in [0.717, 1.165) is 6.54 Å². The van der Waals surface area contributed by atoms with E-state index in [9.17, 15) is 0 Å². The van der Waals surface area contributed by atoms with Crippen LogP contribution in [0.15, 0.2) is 67.0 Å². The number of benzene rings is 2. The van der Waals surface area contributed by atoms with Crippen molar-refractivity contribution in [1.29, 1.82) is 0 Å². The third-order valence-electron chi connectivity index (χ3n) is 3.23. The lowest BCUT2D eigenvalue weighted by Crippen LogP contribution is -3.00. The molecule has 3 rings (SSSR count). The quantitative estimate of drug-likeness (QED) is 0.606. The zero-order valence-corrected chi connectivity index (χ0v) is 12.5. The van der Waals surface area contributed by atoms with E-state index >= 15 is 0 Å². The van der Waals surface area contributed by atoms with Crippen molar-refractivity contribution in [2.45, 2.75) is 13.5 Å². The topological polar surface area (TPSA) is 3.88 Å². The molecule has 0 aliphatic carbocycles. The zero-order valence-electron chi connectivity index (χ0n) is 10.9. The molecule has 0 radical (unpaired) electrons. The Hall–Kier alpha value is -1.67. The summed E-state index contributed by atoms with van der Waals surface area (Å²) < 4.78 is 2.23. The van der Waals surface area contributed by atoms with Crippen LogP contribution < -0.4 is 21.5 Å². The van der Waals surface area contributed by atoms with Crippen LogP contribution in [0.4, 0.5) is 0 Å². The Labute approximate surface area is 124 Å². The zero-order chi connectivity index (χ0) is 12.4. The molecule has 1 aromatic heterocycles. The summed E-state index contributed by atoms with van der Waals surface area (Å²) in [6.45, 7) is 3.04. The van der Waals surface area contributed by atoms with Crippen molar-refractivity contribution < 1.29 is 21.5 Å². The molecule has 0 atom stereocenters. The van der Waals surface area contributed by atoms with Gasteiger partial charge >= 0.3 is 0 Å². The number of halogens is 1. The maximum Gasteiger partial charge on any atom is 0.176 e. The second-order valence-corrected chi connectivity index (χ2v) is 4.73. The van der Waals surface area contributed by atoms with Gasteiger partial charge in [-0.2, -0.15) is 0 Å². The van der Waals surface area contributed by atoms with Gasteiger partial charge in [-0.1, -0.05) is 48.0 Å². The van der Waals surface area contributed by atoms with Gasteiger partial charge in [-0.25, -0.2) is 4.57 Å². The van der Waals surface area contributed by atoms with E-state index in [1.54, 1.807) is 0 Å². The van der Waals surface area contributed by atoms with Crippen LogP contribution in [0, 0.1) is 6.92 Å². The van der Waals surface area contributed by atoms with Crippen LogP contribution in [-0.4, -0.2) is 0 Å². The smallest absolute Gasteiger partial charge is 0.176 e. The van der Waals surface area contributed by atoms with Crippen molar-refractivity contribution in [3.63, 3.8) is 0 Å². The number of hydrogen-bond acceptors (Lipinski definition) is 0. The van der Waals surface area contributed by atoms with Gasteiger partial charge < -0.3 is 17.0 Å². The molecule has 0 aliphatic heterocycles. The second-order valence-electron chi connectivity index (χ2n) is 4.73. The Balaban J connectivity index is 0.00000133. The second kappa shape index (κ2) is 5.98. The minimum absolute atomic E-state index is 0. The number of aromatic nitrogens is 1. The molecule has 0 saturated heterocycles. The lowest BCUT2D eigenvalue weighted by Gasteiger charge is -2.00. The first-order valence-corrected chi connectivity index (χ1v) is 6.25. The molecule has 2 aromatic carbocycles. The number of fused-ring (bicyclic) bond motifs is 1. The minimum atomic E-state index is 0. The van der Waals surface area contributed by atoms with E-state index in [0.29, 0.717) is 0 Å². The maximum atomic E-state index is 2.23. The Morgan fingerprint density at radius 2 is 1.53 bits per heavy atom. The molecule has 1 heterocycles. The molecule has 96 valence electrons. The molecule has 0 fully saturated rings. The monoisotopic (exact) mass is 313 g/mol. The highest BCUT2D eigenvalue weighted by molar-refractivity contribution is 5.80. The van der Waals surface area contributed by atoms with E-state index in [-0.39, 0.29) is 17.0 Å². The van der Waals surface area contributed by atoms with Gasteiger partial charge in [0.2, 0.25) is 0 Å². The molecule has 19 heavy (non-hydrogen) atoms. The number of hydrogen-bond donors (Lipinski definition) is 0.